The molecule has 0 saturated carbocycles. The van der Waals surface area contributed by atoms with Crippen molar-refractivity contribution in [2.24, 2.45) is 0 Å². The second-order valence-corrected chi connectivity index (χ2v) is 13.4. The Hall–Kier alpha value is -5.28. The summed E-state index contributed by atoms with van der Waals surface area (Å²) >= 11 is 1.37. The molecule has 0 aliphatic carbocycles. The maximum atomic E-state index is 14.3. The standard InChI is InChI=1S/C35H38FN7O6S/c1-21(2)43(35(47)38-16-23-7-11-25(36)12-8-23)41-19-30(44)42-27(15-22-9-13-26(14-10-22)49-20-31(45)48-3)33(46)40(18-29(41)42)17-24-5-4-6-28-32(24)39-34(37)50-28/h4-14,21,27,29H,15-20H2,1-3H3,(H2,37,39)(H,38,47)/t27-,29+/m0/s1. The molecule has 2 saturated heterocycles. The summed E-state index contributed by atoms with van der Waals surface area (Å²) in [5, 5.41) is 6.57. The van der Waals surface area contributed by atoms with Gasteiger partial charge in [-0.1, -0.05) is 47.7 Å². The topological polar surface area (TPSA) is 151 Å². The van der Waals surface area contributed by atoms with Gasteiger partial charge in [0.2, 0.25) is 11.8 Å². The Balaban J connectivity index is 1.29. The zero-order valence-electron chi connectivity index (χ0n) is 27.9. The van der Waals surface area contributed by atoms with Gasteiger partial charge < -0.3 is 30.3 Å². The van der Waals surface area contributed by atoms with Crippen molar-refractivity contribution in [2.45, 2.75) is 51.6 Å². The molecule has 2 aliphatic heterocycles. The van der Waals surface area contributed by atoms with E-state index in [4.69, 9.17) is 10.5 Å². The fourth-order valence-electron chi connectivity index (χ4n) is 6.37. The van der Waals surface area contributed by atoms with Crippen molar-refractivity contribution in [2.75, 3.05) is 32.5 Å². The first-order chi connectivity index (χ1) is 24.0. The monoisotopic (exact) mass is 703 g/mol. The number of hydrogen-bond acceptors (Lipinski definition) is 10. The number of anilines is 1. The molecule has 3 N–H and O–H groups in total. The Morgan fingerprint density at radius 3 is 2.50 bits per heavy atom. The number of nitrogens with zero attached hydrogens (tertiary/aromatic N) is 5. The lowest BCUT2D eigenvalue weighted by Crippen LogP contribution is -2.66. The number of para-hydroxylation sites is 1. The predicted molar refractivity (Wildman–Crippen MR) is 184 cm³/mol. The molecule has 2 fully saturated rings. The number of thiazole rings is 1. The average molecular weight is 704 g/mol. The fraction of sp³-hybridized carbons (Fsp3) is 0.343. The van der Waals surface area contributed by atoms with E-state index in [0.29, 0.717) is 16.4 Å². The molecule has 15 heteroatoms. The lowest BCUT2D eigenvalue weighted by molar-refractivity contribution is -0.158. The fourth-order valence-corrected chi connectivity index (χ4v) is 7.16. The molecule has 262 valence electrons. The molecule has 4 aromatic rings. The molecule has 50 heavy (non-hydrogen) atoms. The minimum atomic E-state index is -0.871. The molecule has 0 radical (unpaired) electrons. The number of methoxy groups -OCH3 is 1. The number of urea groups is 1. The molecule has 2 aliphatic rings. The summed E-state index contributed by atoms with van der Waals surface area (Å²) in [6.07, 6.45) is -0.443. The van der Waals surface area contributed by atoms with E-state index < -0.39 is 24.2 Å². The summed E-state index contributed by atoms with van der Waals surface area (Å²) in [6.45, 7) is 3.88. The van der Waals surface area contributed by atoms with Crippen LogP contribution >= 0.6 is 11.3 Å². The summed E-state index contributed by atoms with van der Waals surface area (Å²) in [5.74, 6) is -0.952. The Morgan fingerprint density at radius 1 is 1.08 bits per heavy atom. The maximum Gasteiger partial charge on any atom is 0.343 e. The summed E-state index contributed by atoms with van der Waals surface area (Å²) in [7, 11) is 1.28. The first-order valence-electron chi connectivity index (χ1n) is 16.1. The number of rotatable bonds is 11. The molecule has 4 amide bonds. The van der Waals surface area contributed by atoms with E-state index in [0.717, 1.165) is 21.4 Å². The Morgan fingerprint density at radius 2 is 1.80 bits per heavy atom. The molecule has 13 nitrogen and oxygen atoms in total. The number of esters is 1. The van der Waals surface area contributed by atoms with Gasteiger partial charge in [0.1, 0.15) is 23.8 Å². The van der Waals surface area contributed by atoms with Crippen LogP contribution in [0, 0.1) is 5.82 Å². The quantitative estimate of drug-likeness (QED) is 0.224. The minimum Gasteiger partial charge on any atom is -0.482 e. The molecule has 1 aromatic heterocycles. The van der Waals surface area contributed by atoms with Crippen molar-refractivity contribution < 1.29 is 33.0 Å². The van der Waals surface area contributed by atoms with E-state index in [1.165, 1.54) is 35.6 Å². The molecule has 2 atom stereocenters. The van der Waals surface area contributed by atoms with Gasteiger partial charge >= 0.3 is 12.0 Å². The molecule has 0 unspecified atom stereocenters. The van der Waals surface area contributed by atoms with Gasteiger partial charge in [-0.15, -0.1) is 0 Å². The number of ether oxygens (including phenoxy) is 2. The number of fused-ring (bicyclic) bond motifs is 2. The van der Waals surface area contributed by atoms with Gasteiger partial charge in [0.25, 0.3) is 0 Å². The van der Waals surface area contributed by atoms with Crippen LogP contribution in [-0.2, 0) is 38.6 Å². The second kappa shape index (κ2) is 14.7. The van der Waals surface area contributed by atoms with E-state index in [1.54, 1.807) is 51.2 Å². The Bertz CT molecular complexity index is 1890. The van der Waals surface area contributed by atoms with Crippen LogP contribution in [0.3, 0.4) is 0 Å². The van der Waals surface area contributed by atoms with Crippen LogP contribution in [0.15, 0.2) is 66.7 Å². The highest BCUT2D eigenvalue weighted by Gasteiger charge is 2.52. The number of hydrazine groups is 1. The number of nitrogen functional groups attached to an aromatic ring is 1. The third kappa shape index (κ3) is 7.33. The third-order valence-corrected chi connectivity index (χ3v) is 9.56. The van der Waals surface area contributed by atoms with Crippen LogP contribution in [0.5, 0.6) is 5.75 Å². The summed E-state index contributed by atoms with van der Waals surface area (Å²) < 4.78 is 24.5. The smallest absolute Gasteiger partial charge is 0.343 e. The summed E-state index contributed by atoms with van der Waals surface area (Å²) in [5.41, 5.74) is 9.05. The van der Waals surface area contributed by atoms with Crippen LogP contribution in [-0.4, -0.2) is 93.7 Å². The van der Waals surface area contributed by atoms with Crippen molar-refractivity contribution in [1.82, 2.24) is 30.1 Å². The van der Waals surface area contributed by atoms with E-state index in [2.05, 4.69) is 15.0 Å². The number of carbonyl (C=O) groups excluding carboxylic acids is 4. The van der Waals surface area contributed by atoms with Crippen LogP contribution in [0.2, 0.25) is 0 Å². The number of halogens is 1. The van der Waals surface area contributed by atoms with Gasteiger partial charge in [0.15, 0.2) is 11.7 Å². The van der Waals surface area contributed by atoms with Gasteiger partial charge in [-0.25, -0.2) is 19.0 Å². The van der Waals surface area contributed by atoms with Gasteiger partial charge in [-0.2, -0.15) is 5.01 Å². The number of amides is 4. The van der Waals surface area contributed by atoms with Crippen molar-refractivity contribution in [1.29, 1.82) is 0 Å². The van der Waals surface area contributed by atoms with E-state index >= 15 is 0 Å². The van der Waals surface area contributed by atoms with Crippen molar-refractivity contribution in [3.63, 3.8) is 0 Å². The highest BCUT2D eigenvalue weighted by atomic mass is 32.1. The minimum absolute atomic E-state index is 0.108. The predicted octanol–water partition coefficient (Wildman–Crippen LogP) is 3.53. The molecule has 0 bridgehead atoms. The van der Waals surface area contributed by atoms with E-state index in [-0.39, 0.29) is 62.9 Å². The molecule has 0 spiro atoms. The number of nitrogens with one attached hydrogen (secondary N) is 1. The van der Waals surface area contributed by atoms with E-state index in [9.17, 15) is 23.6 Å². The van der Waals surface area contributed by atoms with Gasteiger partial charge in [0, 0.05) is 25.6 Å². The lowest BCUT2D eigenvalue weighted by Gasteiger charge is -2.47. The highest BCUT2D eigenvalue weighted by molar-refractivity contribution is 7.22. The molecule has 3 aromatic carbocycles. The SMILES string of the molecule is COC(=O)COc1ccc(C[C@H]2C(=O)N(Cc3cccc4sc(N)nc34)C[C@H]3N2C(=O)CN3N(C(=O)NCc2ccc(F)cc2)C(C)C)cc1. The van der Waals surface area contributed by atoms with Crippen molar-refractivity contribution in [3.05, 3.63) is 89.2 Å². The number of carbonyl (C=O) groups is 4. The third-order valence-electron chi connectivity index (χ3n) is 8.71. The zero-order chi connectivity index (χ0) is 35.5. The van der Waals surface area contributed by atoms with Gasteiger partial charge in [-0.05, 0) is 60.9 Å². The average Bonchev–Trinajstić information content (AvgIpc) is 3.64. The Labute approximate surface area is 292 Å². The summed E-state index contributed by atoms with van der Waals surface area (Å²) in [6, 6.07) is 16.9. The zero-order valence-corrected chi connectivity index (χ0v) is 28.7. The lowest BCUT2D eigenvalue weighted by atomic mass is 9.99. The van der Waals surface area contributed by atoms with Gasteiger partial charge in [-0.3, -0.25) is 14.6 Å². The molecule has 6 rings (SSSR count). The molecule has 3 heterocycles. The number of benzene rings is 3. The maximum absolute atomic E-state index is 14.3. The molecular weight excluding hydrogens is 665 g/mol. The Kier molecular flexibility index (Phi) is 10.2. The van der Waals surface area contributed by atoms with Crippen LogP contribution in [0.4, 0.5) is 14.3 Å². The number of aromatic nitrogens is 1. The second-order valence-electron chi connectivity index (χ2n) is 12.4. The molecular formula is C35H38FN7O6S. The first-order valence-corrected chi connectivity index (χ1v) is 16.9. The number of nitrogens with two attached hydrogens (primary N) is 1. The van der Waals surface area contributed by atoms with Crippen LogP contribution in [0.1, 0.15) is 30.5 Å². The van der Waals surface area contributed by atoms with Crippen LogP contribution < -0.4 is 15.8 Å². The number of hydrogen-bond donors (Lipinski definition) is 2. The number of piperazine rings is 1. The van der Waals surface area contributed by atoms with E-state index in [1.807, 2.05) is 32.0 Å². The first kappa shape index (κ1) is 34.6. The van der Waals surface area contributed by atoms with Gasteiger partial charge in [0.05, 0.1) is 30.4 Å². The van der Waals surface area contributed by atoms with Crippen molar-refractivity contribution >= 4 is 50.5 Å². The normalized spacial score (nSPS) is 17.7. The highest BCUT2D eigenvalue weighted by Crippen LogP contribution is 2.33. The van der Waals surface area contributed by atoms with Crippen LogP contribution in [0.25, 0.3) is 10.2 Å². The largest absolute Gasteiger partial charge is 0.482 e. The summed E-state index contributed by atoms with van der Waals surface area (Å²) in [4.78, 5) is 61.2. The van der Waals surface area contributed by atoms with Crippen molar-refractivity contribution in [3.8, 4) is 5.75 Å².